The Balaban J connectivity index is 2.27. The van der Waals surface area contributed by atoms with E-state index in [1.807, 2.05) is 0 Å². The highest BCUT2D eigenvalue weighted by atomic mass is 35.5. The molecule has 7 heteroatoms. The Labute approximate surface area is 107 Å². The number of anilines is 1. The maximum Gasteiger partial charge on any atom is 0.416 e. The number of halogens is 4. The van der Waals surface area contributed by atoms with Crippen molar-refractivity contribution in [2.75, 3.05) is 17.3 Å². The molecular weight excluding hydrogens is 269 g/mol. The third kappa shape index (κ3) is 2.58. The quantitative estimate of drug-likeness (QED) is 0.779. The average molecular weight is 279 g/mol. The van der Waals surface area contributed by atoms with Crippen LogP contribution in [0.15, 0.2) is 18.3 Å². The first-order valence-electron chi connectivity index (χ1n) is 5.31. The van der Waals surface area contributed by atoms with Gasteiger partial charge in [0, 0.05) is 25.0 Å². The first-order chi connectivity index (χ1) is 8.41. The molecule has 2 rings (SSSR count). The van der Waals surface area contributed by atoms with Crippen LogP contribution >= 0.6 is 11.6 Å². The fraction of sp³-hybridized carbons (Fsp3) is 0.455. The topological polar surface area (TPSA) is 33.2 Å². The van der Waals surface area contributed by atoms with Crippen LogP contribution in [0.5, 0.6) is 0 Å². The molecule has 98 valence electrons. The lowest BCUT2D eigenvalue weighted by atomic mass is 10.1. The van der Waals surface area contributed by atoms with Crippen molar-refractivity contribution < 1.29 is 18.0 Å². The van der Waals surface area contributed by atoms with E-state index in [0.29, 0.717) is 12.4 Å². The van der Waals surface area contributed by atoms with E-state index in [2.05, 4.69) is 4.98 Å². The molecular formula is C11H10ClF3N2O. The molecule has 1 aromatic heterocycles. The summed E-state index contributed by atoms with van der Waals surface area (Å²) in [6.07, 6.45) is -3.13. The van der Waals surface area contributed by atoms with Crippen LogP contribution in [0.1, 0.15) is 12.0 Å². The highest BCUT2D eigenvalue weighted by Gasteiger charge is 2.34. The molecule has 1 saturated heterocycles. The van der Waals surface area contributed by atoms with Gasteiger partial charge in [-0.15, -0.1) is 11.6 Å². The van der Waals surface area contributed by atoms with Gasteiger partial charge in [0.2, 0.25) is 5.91 Å². The van der Waals surface area contributed by atoms with Gasteiger partial charge in [-0.2, -0.15) is 13.2 Å². The SMILES string of the molecule is O=C1CC(CCl)CN1c1cc(C(F)(F)F)ccn1. The maximum atomic E-state index is 12.5. The predicted molar refractivity (Wildman–Crippen MR) is 60.4 cm³/mol. The van der Waals surface area contributed by atoms with E-state index >= 15 is 0 Å². The number of hydrogen-bond acceptors (Lipinski definition) is 2. The Hall–Kier alpha value is -1.30. The number of alkyl halides is 4. The molecule has 0 spiro atoms. The highest BCUT2D eigenvalue weighted by molar-refractivity contribution is 6.18. The second-order valence-electron chi connectivity index (χ2n) is 4.13. The van der Waals surface area contributed by atoms with Crippen LogP contribution < -0.4 is 4.90 Å². The lowest BCUT2D eigenvalue weighted by molar-refractivity contribution is -0.137. The summed E-state index contributed by atoms with van der Waals surface area (Å²) in [6, 6.07) is 1.76. The number of hydrogen-bond donors (Lipinski definition) is 0. The van der Waals surface area contributed by atoms with Crippen LogP contribution in [0.25, 0.3) is 0 Å². The van der Waals surface area contributed by atoms with E-state index in [-0.39, 0.29) is 24.1 Å². The molecule has 1 amide bonds. The molecule has 1 aliphatic heterocycles. The Morgan fingerprint density at radius 2 is 2.22 bits per heavy atom. The highest BCUT2D eigenvalue weighted by Crippen LogP contribution is 2.32. The van der Waals surface area contributed by atoms with Gasteiger partial charge in [0.1, 0.15) is 5.82 Å². The van der Waals surface area contributed by atoms with Crippen molar-refractivity contribution in [3.05, 3.63) is 23.9 Å². The summed E-state index contributed by atoms with van der Waals surface area (Å²) in [4.78, 5) is 16.7. The van der Waals surface area contributed by atoms with Gasteiger partial charge in [0.25, 0.3) is 0 Å². The minimum atomic E-state index is -4.44. The van der Waals surface area contributed by atoms with E-state index in [1.54, 1.807) is 0 Å². The van der Waals surface area contributed by atoms with Crippen molar-refractivity contribution in [2.24, 2.45) is 5.92 Å². The molecule has 0 aliphatic carbocycles. The monoisotopic (exact) mass is 278 g/mol. The summed E-state index contributed by atoms with van der Waals surface area (Å²) < 4.78 is 37.6. The minimum absolute atomic E-state index is 0.0300. The van der Waals surface area contributed by atoms with Crippen LogP contribution in [0.2, 0.25) is 0 Å². The van der Waals surface area contributed by atoms with Gasteiger partial charge in [0.05, 0.1) is 5.56 Å². The smallest absolute Gasteiger partial charge is 0.296 e. The molecule has 18 heavy (non-hydrogen) atoms. The normalized spacial score (nSPS) is 20.6. The molecule has 0 saturated carbocycles. The predicted octanol–water partition coefficient (Wildman–Crippen LogP) is 2.69. The lowest BCUT2D eigenvalue weighted by Gasteiger charge is -2.16. The Kier molecular flexibility index (Phi) is 3.47. The van der Waals surface area contributed by atoms with Gasteiger partial charge in [-0.1, -0.05) is 0 Å². The summed E-state index contributed by atoms with van der Waals surface area (Å²) in [5.74, 6) is 0.0618. The van der Waals surface area contributed by atoms with Crippen molar-refractivity contribution in [1.29, 1.82) is 0 Å². The van der Waals surface area contributed by atoms with Crippen LogP contribution in [-0.2, 0) is 11.0 Å². The molecule has 3 nitrogen and oxygen atoms in total. The zero-order valence-corrected chi connectivity index (χ0v) is 10.0. The van der Waals surface area contributed by atoms with E-state index < -0.39 is 11.7 Å². The third-order valence-electron chi connectivity index (χ3n) is 2.77. The molecule has 1 aliphatic rings. The Bertz CT molecular complexity index is 464. The molecule has 1 aromatic rings. The number of rotatable bonds is 2. The maximum absolute atomic E-state index is 12.5. The zero-order chi connectivity index (χ0) is 13.3. The second-order valence-corrected chi connectivity index (χ2v) is 4.44. The van der Waals surface area contributed by atoms with Crippen molar-refractivity contribution in [1.82, 2.24) is 4.98 Å². The van der Waals surface area contributed by atoms with Crippen molar-refractivity contribution >= 4 is 23.3 Å². The Morgan fingerprint density at radius 1 is 1.50 bits per heavy atom. The molecule has 2 heterocycles. The fourth-order valence-electron chi connectivity index (χ4n) is 1.85. The van der Waals surface area contributed by atoms with E-state index in [9.17, 15) is 18.0 Å². The molecule has 0 N–H and O–H groups in total. The summed E-state index contributed by atoms with van der Waals surface area (Å²) >= 11 is 5.65. The lowest BCUT2D eigenvalue weighted by Crippen LogP contribution is -2.26. The first-order valence-corrected chi connectivity index (χ1v) is 5.85. The standard InChI is InChI=1S/C11H10ClF3N2O/c12-5-7-3-10(18)17(6-7)9-4-8(1-2-16-9)11(13,14)15/h1-2,4,7H,3,5-6H2. The molecule has 1 unspecified atom stereocenters. The minimum Gasteiger partial charge on any atom is -0.296 e. The molecule has 1 fully saturated rings. The van der Waals surface area contributed by atoms with Crippen molar-refractivity contribution in [3.8, 4) is 0 Å². The number of carbonyl (C=O) groups is 1. The second kappa shape index (κ2) is 4.76. The molecule has 0 aromatic carbocycles. The van der Waals surface area contributed by atoms with Crippen LogP contribution in [0, 0.1) is 5.92 Å². The van der Waals surface area contributed by atoms with Gasteiger partial charge < -0.3 is 0 Å². The van der Waals surface area contributed by atoms with E-state index in [4.69, 9.17) is 11.6 Å². The first kappa shape index (κ1) is 13.1. The number of amides is 1. The van der Waals surface area contributed by atoms with Gasteiger partial charge >= 0.3 is 6.18 Å². The summed E-state index contributed by atoms with van der Waals surface area (Å²) in [7, 11) is 0. The largest absolute Gasteiger partial charge is 0.416 e. The third-order valence-corrected chi connectivity index (χ3v) is 3.21. The molecule has 0 bridgehead atoms. The fourth-order valence-corrected chi connectivity index (χ4v) is 2.06. The number of aromatic nitrogens is 1. The summed E-state index contributed by atoms with van der Waals surface area (Å²) in [5.41, 5.74) is -0.811. The van der Waals surface area contributed by atoms with E-state index in [1.165, 1.54) is 4.90 Å². The molecule has 1 atom stereocenters. The van der Waals surface area contributed by atoms with Gasteiger partial charge in [-0.25, -0.2) is 4.98 Å². The van der Waals surface area contributed by atoms with E-state index in [0.717, 1.165) is 18.3 Å². The summed E-state index contributed by atoms with van der Waals surface area (Å²) in [5, 5.41) is 0. The van der Waals surface area contributed by atoms with Gasteiger partial charge in [0.15, 0.2) is 0 Å². The summed E-state index contributed by atoms with van der Waals surface area (Å²) in [6.45, 7) is 0.316. The number of pyridine rings is 1. The number of carbonyl (C=O) groups excluding carboxylic acids is 1. The van der Waals surface area contributed by atoms with Crippen molar-refractivity contribution in [3.63, 3.8) is 0 Å². The van der Waals surface area contributed by atoms with Gasteiger partial charge in [-0.05, 0) is 18.1 Å². The Morgan fingerprint density at radius 3 is 2.78 bits per heavy atom. The van der Waals surface area contributed by atoms with Crippen LogP contribution in [0.4, 0.5) is 19.0 Å². The zero-order valence-electron chi connectivity index (χ0n) is 9.25. The van der Waals surface area contributed by atoms with Crippen LogP contribution in [0.3, 0.4) is 0 Å². The average Bonchev–Trinajstić information content (AvgIpc) is 2.70. The molecule has 0 radical (unpaired) electrons. The van der Waals surface area contributed by atoms with Crippen LogP contribution in [-0.4, -0.2) is 23.3 Å². The van der Waals surface area contributed by atoms with Crippen molar-refractivity contribution in [2.45, 2.75) is 12.6 Å². The van der Waals surface area contributed by atoms with Gasteiger partial charge in [-0.3, -0.25) is 9.69 Å². The number of nitrogens with zero attached hydrogens (tertiary/aromatic N) is 2.